The van der Waals surface area contributed by atoms with Crippen LogP contribution in [0.25, 0.3) is 0 Å². The molecule has 0 atom stereocenters. The highest BCUT2D eigenvalue weighted by atomic mass is 32.2. The smallest absolute Gasteiger partial charge is 0.229 e. The summed E-state index contributed by atoms with van der Waals surface area (Å²) in [4.78, 5) is 25.2. The van der Waals surface area contributed by atoms with Gasteiger partial charge >= 0.3 is 0 Å². The minimum absolute atomic E-state index is 0.0685. The van der Waals surface area contributed by atoms with Crippen molar-refractivity contribution in [1.29, 1.82) is 0 Å². The number of benzene rings is 2. The topological polar surface area (TPSA) is 80.3 Å². The summed E-state index contributed by atoms with van der Waals surface area (Å²) in [5.74, 6) is -0.758. The molecule has 2 aromatic carbocycles. The van der Waals surface area contributed by atoms with E-state index in [0.29, 0.717) is 22.4 Å². The van der Waals surface area contributed by atoms with Crippen molar-refractivity contribution in [2.75, 3.05) is 5.32 Å². The third kappa shape index (κ3) is 3.17. The zero-order valence-electron chi connectivity index (χ0n) is 15.2. The largest absolute Gasteiger partial charge is 0.326 e. The molecule has 0 aliphatic carbocycles. The average Bonchev–Trinajstić information content (AvgIpc) is 2.60. The molecule has 0 spiro atoms. The molecule has 0 bridgehead atoms. The number of carbonyl (C=O) groups is 2. The summed E-state index contributed by atoms with van der Waals surface area (Å²) in [5, 5.41) is 2.78. The Balaban J connectivity index is 2.12. The summed E-state index contributed by atoms with van der Waals surface area (Å²) in [6, 6.07) is 9.65. The van der Waals surface area contributed by atoms with Crippen LogP contribution in [0.3, 0.4) is 0 Å². The van der Waals surface area contributed by atoms with Crippen LogP contribution in [0.4, 0.5) is 5.69 Å². The Kier molecular flexibility index (Phi) is 4.27. The van der Waals surface area contributed by atoms with Crippen LogP contribution in [0.5, 0.6) is 0 Å². The van der Waals surface area contributed by atoms with E-state index in [4.69, 9.17) is 0 Å². The lowest BCUT2D eigenvalue weighted by Crippen LogP contribution is -2.27. The lowest BCUT2D eigenvalue weighted by atomic mass is 9.94. The highest BCUT2D eigenvalue weighted by Gasteiger charge is 2.31. The number of amides is 1. The van der Waals surface area contributed by atoms with E-state index >= 15 is 0 Å². The third-order valence-electron chi connectivity index (χ3n) is 4.43. The third-order valence-corrected chi connectivity index (χ3v) is 6.13. The summed E-state index contributed by atoms with van der Waals surface area (Å²) in [7, 11) is -3.65. The summed E-state index contributed by atoms with van der Waals surface area (Å²) in [5.41, 5.74) is 1.52. The monoisotopic (exact) mass is 371 g/mol. The SMILES string of the molecule is Cc1cccc2c1C(=O)c1ccc(NC(=O)C(C)(C)C)cc1CS2(=O)=O. The minimum atomic E-state index is -3.65. The number of hydrogen-bond donors (Lipinski definition) is 1. The second kappa shape index (κ2) is 6.06. The maximum absolute atomic E-state index is 13.0. The highest BCUT2D eigenvalue weighted by molar-refractivity contribution is 7.90. The van der Waals surface area contributed by atoms with Crippen LogP contribution in [0, 0.1) is 12.3 Å². The van der Waals surface area contributed by atoms with Gasteiger partial charge in [-0.2, -0.15) is 0 Å². The molecule has 0 saturated heterocycles. The van der Waals surface area contributed by atoms with Gasteiger partial charge in [0.1, 0.15) is 0 Å². The number of carbonyl (C=O) groups excluding carboxylic acids is 2. The van der Waals surface area contributed by atoms with Crippen LogP contribution in [0.1, 0.15) is 47.8 Å². The first-order valence-electron chi connectivity index (χ1n) is 8.32. The van der Waals surface area contributed by atoms with E-state index in [1.165, 1.54) is 6.07 Å². The van der Waals surface area contributed by atoms with Crippen LogP contribution in [0.15, 0.2) is 41.3 Å². The molecule has 2 aromatic rings. The van der Waals surface area contributed by atoms with Gasteiger partial charge in [0, 0.05) is 22.2 Å². The van der Waals surface area contributed by atoms with Gasteiger partial charge in [-0.3, -0.25) is 9.59 Å². The van der Waals surface area contributed by atoms with Crippen molar-refractivity contribution in [2.24, 2.45) is 5.41 Å². The molecule has 6 heteroatoms. The molecule has 0 fully saturated rings. The molecule has 1 heterocycles. The Morgan fingerprint density at radius 2 is 1.81 bits per heavy atom. The molecule has 1 amide bonds. The van der Waals surface area contributed by atoms with Crippen LogP contribution >= 0.6 is 0 Å². The van der Waals surface area contributed by atoms with Crippen molar-refractivity contribution < 1.29 is 18.0 Å². The van der Waals surface area contributed by atoms with E-state index in [-0.39, 0.29) is 27.9 Å². The van der Waals surface area contributed by atoms with Crippen LogP contribution < -0.4 is 5.32 Å². The zero-order chi connectivity index (χ0) is 19.3. The molecule has 3 rings (SSSR count). The maximum atomic E-state index is 13.0. The fourth-order valence-corrected chi connectivity index (χ4v) is 4.59. The number of sulfone groups is 1. The molecule has 26 heavy (non-hydrogen) atoms. The molecular weight excluding hydrogens is 350 g/mol. The summed E-state index contributed by atoms with van der Waals surface area (Å²) >= 11 is 0. The Bertz CT molecular complexity index is 1030. The zero-order valence-corrected chi connectivity index (χ0v) is 16.0. The molecule has 0 saturated carbocycles. The second-order valence-electron chi connectivity index (χ2n) is 7.61. The van der Waals surface area contributed by atoms with E-state index in [9.17, 15) is 18.0 Å². The van der Waals surface area contributed by atoms with Gasteiger partial charge in [0.25, 0.3) is 0 Å². The first-order valence-corrected chi connectivity index (χ1v) is 9.97. The van der Waals surface area contributed by atoms with Gasteiger partial charge in [0.2, 0.25) is 5.91 Å². The van der Waals surface area contributed by atoms with Crippen molar-refractivity contribution in [3.05, 3.63) is 58.7 Å². The lowest BCUT2D eigenvalue weighted by Gasteiger charge is -2.18. The molecule has 1 aliphatic heterocycles. The molecule has 0 unspecified atom stereocenters. The van der Waals surface area contributed by atoms with Crippen molar-refractivity contribution in [1.82, 2.24) is 0 Å². The summed E-state index contributed by atoms with van der Waals surface area (Å²) in [6.07, 6.45) is 0. The van der Waals surface area contributed by atoms with Crippen molar-refractivity contribution in [3.8, 4) is 0 Å². The van der Waals surface area contributed by atoms with Gasteiger partial charge in [-0.25, -0.2) is 8.42 Å². The maximum Gasteiger partial charge on any atom is 0.229 e. The second-order valence-corrected chi connectivity index (χ2v) is 9.57. The van der Waals surface area contributed by atoms with Gasteiger partial charge < -0.3 is 5.32 Å². The summed E-state index contributed by atoms with van der Waals surface area (Å²) < 4.78 is 25.6. The van der Waals surface area contributed by atoms with Crippen LogP contribution in [-0.4, -0.2) is 20.1 Å². The Morgan fingerprint density at radius 1 is 1.12 bits per heavy atom. The summed E-state index contributed by atoms with van der Waals surface area (Å²) in [6.45, 7) is 7.10. The number of nitrogens with one attached hydrogen (secondary N) is 1. The number of hydrogen-bond acceptors (Lipinski definition) is 4. The Morgan fingerprint density at radius 3 is 2.46 bits per heavy atom. The Hall–Kier alpha value is -2.47. The predicted octanol–water partition coefficient (Wildman–Crippen LogP) is 3.50. The average molecular weight is 371 g/mol. The van der Waals surface area contributed by atoms with E-state index in [1.807, 2.05) is 0 Å². The van der Waals surface area contributed by atoms with Gasteiger partial charge in [-0.1, -0.05) is 32.9 Å². The highest BCUT2D eigenvalue weighted by Crippen LogP contribution is 2.33. The first kappa shape index (κ1) is 18.3. The lowest BCUT2D eigenvalue weighted by molar-refractivity contribution is -0.123. The molecule has 0 radical (unpaired) electrons. The molecule has 5 nitrogen and oxygen atoms in total. The van der Waals surface area contributed by atoms with Gasteiger partial charge in [0.15, 0.2) is 15.6 Å². The predicted molar refractivity (Wildman–Crippen MR) is 100 cm³/mol. The van der Waals surface area contributed by atoms with E-state index in [1.54, 1.807) is 58.0 Å². The fraction of sp³-hybridized carbons (Fsp3) is 0.300. The van der Waals surface area contributed by atoms with E-state index < -0.39 is 15.3 Å². The van der Waals surface area contributed by atoms with E-state index in [0.717, 1.165) is 0 Å². The number of aryl methyl sites for hydroxylation is 1. The van der Waals surface area contributed by atoms with Crippen molar-refractivity contribution in [3.63, 3.8) is 0 Å². The minimum Gasteiger partial charge on any atom is -0.326 e. The molecule has 136 valence electrons. The Labute approximate surface area is 153 Å². The normalized spacial score (nSPS) is 15.6. The molecule has 1 aliphatic rings. The molecule has 1 N–H and O–H groups in total. The van der Waals surface area contributed by atoms with Gasteiger partial charge in [0.05, 0.1) is 10.6 Å². The van der Waals surface area contributed by atoms with Gasteiger partial charge in [-0.15, -0.1) is 0 Å². The fourth-order valence-electron chi connectivity index (χ4n) is 2.94. The van der Waals surface area contributed by atoms with Crippen LogP contribution in [0.2, 0.25) is 0 Å². The van der Waals surface area contributed by atoms with E-state index in [2.05, 4.69) is 5.32 Å². The number of rotatable bonds is 1. The quantitative estimate of drug-likeness (QED) is 0.832. The van der Waals surface area contributed by atoms with Crippen molar-refractivity contribution in [2.45, 2.75) is 38.3 Å². The molecular formula is C20H21NO4S. The first-order chi connectivity index (χ1) is 12.0. The van der Waals surface area contributed by atoms with Crippen LogP contribution in [-0.2, 0) is 20.4 Å². The number of ketones is 1. The number of fused-ring (bicyclic) bond motifs is 2. The van der Waals surface area contributed by atoms with Crippen molar-refractivity contribution >= 4 is 27.2 Å². The molecule has 0 aromatic heterocycles. The van der Waals surface area contributed by atoms with Gasteiger partial charge in [-0.05, 0) is 42.3 Å². The number of anilines is 1. The standard InChI is InChI=1S/C20H21NO4S/c1-12-6-5-7-16-17(12)18(22)15-9-8-14(21-19(23)20(2,3)4)10-13(15)11-26(16,24)25/h5-10H,11H2,1-4H3,(H,21,23).